The second-order valence-corrected chi connectivity index (χ2v) is 4.38. The smallest absolute Gasteiger partial charge is 0.359 e. The minimum atomic E-state index is -0.870. The zero-order valence-corrected chi connectivity index (χ0v) is 12.1. The van der Waals surface area contributed by atoms with Crippen LogP contribution in [0.4, 0.5) is 0 Å². The highest BCUT2D eigenvalue weighted by atomic mass is 16.5. The number of rotatable bonds is 5. The number of esters is 2. The molecule has 0 fully saturated rings. The van der Waals surface area contributed by atoms with E-state index < -0.39 is 30.0 Å². The standard InChI is InChI=1S/C14H13N3O6/c1-22-11(19)6-15-10(18)7-23-14(21)12-8-4-2-3-5-9(8)13(20)17-16-12/h2-5H,6-7H2,1H3,(H,15,18)(H,17,20). The van der Waals surface area contributed by atoms with Crippen molar-refractivity contribution >= 4 is 28.6 Å². The van der Waals surface area contributed by atoms with Crippen LogP contribution in [0.25, 0.3) is 10.8 Å². The van der Waals surface area contributed by atoms with Gasteiger partial charge in [0.05, 0.1) is 12.5 Å². The summed E-state index contributed by atoms with van der Waals surface area (Å²) in [5, 5.41) is 8.66. The fraction of sp³-hybridized carbons (Fsp3) is 0.214. The predicted octanol–water partition coefficient (Wildman–Crippen LogP) is -0.631. The van der Waals surface area contributed by atoms with Crippen LogP contribution >= 0.6 is 0 Å². The SMILES string of the molecule is COC(=O)CNC(=O)COC(=O)c1n[nH]c(=O)c2ccccc12. The Hall–Kier alpha value is -3.23. The number of carbonyl (C=O) groups excluding carboxylic acids is 3. The number of ether oxygens (including phenoxy) is 2. The molecule has 9 nitrogen and oxygen atoms in total. The summed E-state index contributed by atoms with van der Waals surface area (Å²) in [7, 11) is 1.18. The molecule has 0 unspecified atom stereocenters. The Balaban J connectivity index is 2.05. The predicted molar refractivity (Wildman–Crippen MR) is 77.7 cm³/mol. The lowest BCUT2D eigenvalue weighted by Gasteiger charge is -2.06. The molecular weight excluding hydrogens is 306 g/mol. The highest BCUT2D eigenvalue weighted by Crippen LogP contribution is 2.13. The van der Waals surface area contributed by atoms with Crippen LogP contribution in [0.2, 0.25) is 0 Å². The molecule has 0 bridgehead atoms. The Morgan fingerprint density at radius 1 is 1.22 bits per heavy atom. The third-order valence-electron chi connectivity index (χ3n) is 2.88. The maximum atomic E-state index is 12.0. The van der Waals surface area contributed by atoms with E-state index in [0.717, 1.165) is 0 Å². The maximum absolute atomic E-state index is 12.0. The van der Waals surface area contributed by atoms with Crippen molar-refractivity contribution in [3.05, 3.63) is 40.3 Å². The molecule has 120 valence electrons. The fourth-order valence-corrected chi connectivity index (χ4v) is 1.76. The molecule has 0 saturated heterocycles. The van der Waals surface area contributed by atoms with Gasteiger partial charge in [0.2, 0.25) is 0 Å². The second-order valence-electron chi connectivity index (χ2n) is 4.38. The number of hydrogen-bond acceptors (Lipinski definition) is 7. The quantitative estimate of drug-likeness (QED) is 0.702. The van der Waals surface area contributed by atoms with Crippen LogP contribution in [0.5, 0.6) is 0 Å². The molecule has 9 heteroatoms. The molecule has 0 aliphatic heterocycles. The summed E-state index contributed by atoms with van der Waals surface area (Å²) in [6, 6.07) is 6.37. The van der Waals surface area contributed by atoms with Gasteiger partial charge in [0.15, 0.2) is 12.3 Å². The summed E-state index contributed by atoms with van der Waals surface area (Å²) in [6.07, 6.45) is 0. The van der Waals surface area contributed by atoms with E-state index in [4.69, 9.17) is 4.74 Å². The monoisotopic (exact) mass is 319 g/mol. The highest BCUT2D eigenvalue weighted by molar-refractivity contribution is 6.02. The minimum absolute atomic E-state index is 0.110. The molecule has 23 heavy (non-hydrogen) atoms. The Labute approximate surface area is 129 Å². The molecular formula is C14H13N3O6. The number of nitrogens with one attached hydrogen (secondary N) is 2. The number of methoxy groups -OCH3 is 1. The van der Waals surface area contributed by atoms with Gasteiger partial charge in [0, 0.05) is 5.39 Å². The Morgan fingerprint density at radius 2 is 1.91 bits per heavy atom. The number of hydrogen-bond donors (Lipinski definition) is 2. The zero-order valence-electron chi connectivity index (χ0n) is 12.1. The molecule has 0 aliphatic rings. The van der Waals surface area contributed by atoms with Crippen molar-refractivity contribution in [1.29, 1.82) is 0 Å². The van der Waals surface area contributed by atoms with Crippen LogP contribution in [-0.4, -0.2) is 48.3 Å². The van der Waals surface area contributed by atoms with Gasteiger partial charge in [-0.05, 0) is 6.07 Å². The van der Waals surface area contributed by atoms with Gasteiger partial charge in [0.25, 0.3) is 11.5 Å². The van der Waals surface area contributed by atoms with Crippen LogP contribution < -0.4 is 10.9 Å². The summed E-state index contributed by atoms with van der Waals surface area (Å²) in [4.78, 5) is 45.9. The molecule has 2 rings (SSSR count). The first-order valence-electron chi connectivity index (χ1n) is 6.51. The lowest BCUT2D eigenvalue weighted by Crippen LogP contribution is -2.33. The lowest BCUT2D eigenvalue weighted by atomic mass is 10.1. The van der Waals surface area contributed by atoms with Gasteiger partial charge < -0.3 is 14.8 Å². The van der Waals surface area contributed by atoms with E-state index in [1.54, 1.807) is 18.2 Å². The fourth-order valence-electron chi connectivity index (χ4n) is 1.76. The number of nitrogens with zero attached hydrogens (tertiary/aromatic N) is 1. The average Bonchev–Trinajstić information content (AvgIpc) is 2.58. The molecule has 1 heterocycles. The van der Waals surface area contributed by atoms with Crippen molar-refractivity contribution in [2.45, 2.75) is 0 Å². The maximum Gasteiger partial charge on any atom is 0.359 e. The largest absolute Gasteiger partial charge is 0.468 e. The molecule has 1 amide bonds. The van der Waals surface area contributed by atoms with Crippen molar-refractivity contribution in [3.8, 4) is 0 Å². The van der Waals surface area contributed by atoms with Crippen LogP contribution in [0, 0.1) is 0 Å². The molecule has 0 aliphatic carbocycles. The number of aromatic amines is 1. The van der Waals surface area contributed by atoms with Crippen molar-refractivity contribution in [3.63, 3.8) is 0 Å². The molecule has 1 aromatic carbocycles. The molecule has 0 radical (unpaired) electrons. The van der Waals surface area contributed by atoms with Crippen molar-refractivity contribution < 1.29 is 23.9 Å². The average molecular weight is 319 g/mol. The van der Waals surface area contributed by atoms with E-state index in [1.807, 2.05) is 0 Å². The van der Waals surface area contributed by atoms with Gasteiger partial charge in [-0.2, -0.15) is 5.10 Å². The number of benzene rings is 1. The van der Waals surface area contributed by atoms with E-state index in [9.17, 15) is 19.2 Å². The van der Waals surface area contributed by atoms with Crippen LogP contribution in [-0.2, 0) is 19.1 Å². The lowest BCUT2D eigenvalue weighted by molar-refractivity contribution is -0.141. The third kappa shape index (κ3) is 3.90. The van der Waals surface area contributed by atoms with Gasteiger partial charge >= 0.3 is 11.9 Å². The second kappa shape index (κ2) is 7.16. The van der Waals surface area contributed by atoms with Crippen molar-refractivity contribution in [1.82, 2.24) is 15.5 Å². The number of H-pyrrole nitrogens is 1. The first-order valence-corrected chi connectivity index (χ1v) is 6.51. The molecule has 2 N–H and O–H groups in total. The Morgan fingerprint density at radius 3 is 2.61 bits per heavy atom. The Kier molecular flexibility index (Phi) is 5.03. The Bertz CT molecular complexity index is 814. The van der Waals surface area contributed by atoms with E-state index in [2.05, 4.69) is 20.3 Å². The first kappa shape index (κ1) is 16.1. The summed E-state index contributed by atoms with van der Waals surface area (Å²) < 4.78 is 9.17. The van der Waals surface area contributed by atoms with E-state index in [-0.39, 0.29) is 17.6 Å². The summed E-state index contributed by atoms with van der Waals surface area (Å²) >= 11 is 0. The van der Waals surface area contributed by atoms with Gasteiger partial charge in [0.1, 0.15) is 6.54 Å². The molecule has 0 atom stereocenters. The number of amides is 1. The van der Waals surface area contributed by atoms with E-state index >= 15 is 0 Å². The normalized spacial score (nSPS) is 10.1. The van der Waals surface area contributed by atoms with Crippen LogP contribution in [0.15, 0.2) is 29.1 Å². The molecule has 0 saturated carbocycles. The topological polar surface area (TPSA) is 127 Å². The summed E-state index contributed by atoms with van der Waals surface area (Å²) in [5.74, 6) is -2.17. The van der Waals surface area contributed by atoms with E-state index in [1.165, 1.54) is 13.2 Å². The minimum Gasteiger partial charge on any atom is -0.468 e. The van der Waals surface area contributed by atoms with Gasteiger partial charge in [-0.3, -0.25) is 14.4 Å². The third-order valence-corrected chi connectivity index (χ3v) is 2.88. The summed E-state index contributed by atoms with van der Waals surface area (Å²) in [5.41, 5.74) is -0.547. The zero-order chi connectivity index (χ0) is 16.8. The molecule has 1 aromatic heterocycles. The number of aromatic nitrogens is 2. The molecule has 0 spiro atoms. The van der Waals surface area contributed by atoms with Gasteiger partial charge in [-0.1, -0.05) is 18.2 Å². The first-order chi connectivity index (χ1) is 11.0. The highest BCUT2D eigenvalue weighted by Gasteiger charge is 2.17. The van der Waals surface area contributed by atoms with Crippen molar-refractivity contribution in [2.75, 3.05) is 20.3 Å². The van der Waals surface area contributed by atoms with Crippen LogP contribution in [0.3, 0.4) is 0 Å². The molecule has 2 aromatic rings. The summed E-state index contributed by atoms with van der Waals surface area (Å²) in [6.45, 7) is -0.919. The van der Waals surface area contributed by atoms with Gasteiger partial charge in [-0.15, -0.1) is 0 Å². The van der Waals surface area contributed by atoms with Gasteiger partial charge in [-0.25, -0.2) is 9.89 Å². The number of carbonyl (C=O) groups is 3. The van der Waals surface area contributed by atoms with Crippen LogP contribution in [0.1, 0.15) is 10.5 Å². The van der Waals surface area contributed by atoms with E-state index in [0.29, 0.717) is 5.39 Å². The van der Waals surface area contributed by atoms with Crippen molar-refractivity contribution in [2.24, 2.45) is 0 Å². The number of fused-ring (bicyclic) bond motifs is 1.